The van der Waals surface area contributed by atoms with E-state index in [-0.39, 0.29) is 11.6 Å². The van der Waals surface area contributed by atoms with Gasteiger partial charge >= 0.3 is 0 Å². The summed E-state index contributed by atoms with van der Waals surface area (Å²) in [6.07, 6.45) is 0. The summed E-state index contributed by atoms with van der Waals surface area (Å²) in [5.74, 6) is -0.353. The molecule has 0 unspecified atom stereocenters. The van der Waals surface area contributed by atoms with Gasteiger partial charge in [-0.3, -0.25) is 4.79 Å². The highest BCUT2D eigenvalue weighted by atomic mass is 35.5. The van der Waals surface area contributed by atoms with Crippen LogP contribution in [0.1, 0.15) is 6.92 Å². The van der Waals surface area contributed by atoms with Gasteiger partial charge in [-0.1, -0.05) is 41.4 Å². The lowest BCUT2D eigenvalue weighted by Crippen LogP contribution is -2.05. The fourth-order valence-corrected chi connectivity index (χ4v) is 1.78. The Balaban J connectivity index is 2.35. The van der Waals surface area contributed by atoms with Crippen molar-refractivity contribution in [3.63, 3.8) is 0 Å². The molecule has 0 N–H and O–H groups in total. The summed E-state index contributed by atoms with van der Waals surface area (Å²) in [4.78, 5) is 15.7. The Morgan fingerprint density at radius 3 is 2.43 bits per heavy atom. The predicted molar refractivity (Wildman–Crippen MR) is 85.2 cm³/mol. The number of amidine groups is 1. The minimum atomic E-state index is -0.314. The van der Waals surface area contributed by atoms with Crippen LogP contribution in [0.25, 0.3) is 0 Å². The average Bonchev–Trinajstić information content (AvgIpc) is 2.47. The molecule has 0 aliphatic carbocycles. The van der Waals surface area contributed by atoms with E-state index in [4.69, 9.17) is 23.2 Å². The summed E-state index contributed by atoms with van der Waals surface area (Å²) in [5, 5.41) is 8.71. The zero-order valence-corrected chi connectivity index (χ0v) is 12.6. The van der Waals surface area contributed by atoms with Gasteiger partial charge < -0.3 is 0 Å². The molecule has 21 heavy (non-hydrogen) atoms. The predicted octanol–water partition coefficient (Wildman–Crippen LogP) is 5.40. The third-order valence-electron chi connectivity index (χ3n) is 2.47. The molecule has 106 valence electrons. The van der Waals surface area contributed by atoms with Crippen molar-refractivity contribution in [1.29, 1.82) is 0 Å². The number of rotatable bonds is 3. The highest BCUT2D eigenvalue weighted by Crippen LogP contribution is 2.28. The molecule has 0 spiro atoms. The number of benzene rings is 2. The van der Waals surface area contributed by atoms with Gasteiger partial charge in [0.2, 0.25) is 5.84 Å². The third-order valence-corrected chi connectivity index (χ3v) is 3.02. The topological polar surface area (TPSA) is 54.1 Å². The van der Waals surface area contributed by atoms with Crippen LogP contribution in [0.2, 0.25) is 10.0 Å². The Morgan fingerprint density at radius 1 is 1.05 bits per heavy atom. The molecule has 2 aromatic carbocycles. The van der Waals surface area contributed by atoms with Crippen molar-refractivity contribution in [3.8, 4) is 0 Å². The molecular weight excluding hydrogens is 309 g/mol. The van der Waals surface area contributed by atoms with Crippen LogP contribution in [0, 0.1) is 0 Å². The minimum Gasteiger partial charge on any atom is -0.291 e. The normalized spacial score (nSPS) is 11.9. The highest BCUT2D eigenvalue weighted by Gasteiger charge is 2.07. The number of hydrogen-bond acceptors (Lipinski definition) is 3. The van der Waals surface area contributed by atoms with Gasteiger partial charge in [-0.2, -0.15) is 0 Å². The van der Waals surface area contributed by atoms with Gasteiger partial charge in [-0.15, -0.1) is 10.2 Å². The Labute approximate surface area is 132 Å². The molecule has 2 aromatic rings. The van der Waals surface area contributed by atoms with Crippen LogP contribution in [0.5, 0.6) is 0 Å². The molecule has 0 heterocycles. The Kier molecular flexibility index (Phi) is 5.20. The maximum atomic E-state index is 11.6. The standard InChI is InChI=1S/C15H11Cl2N3O/c1-10(21)15(20-19-12-5-3-2-4-6-12)18-14-9-11(16)7-8-13(14)17/h2-9H,1H3. The van der Waals surface area contributed by atoms with Crippen LogP contribution in [0.15, 0.2) is 63.8 Å². The van der Waals surface area contributed by atoms with E-state index >= 15 is 0 Å². The highest BCUT2D eigenvalue weighted by molar-refractivity contribution is 6.40. The lowest BCUT2D eigenvalue weighted by atomic mass is 10.3. The molecular formula is C15H11Cl2N3O. The van der Waals surface area contributed by atoms with Crippen LogP contribution >= 0.6 is 23.2 Å². The van der Waals surface area contributed by atoms with E-state index in [1.54, 1.807) is 30.3 Å². The van der Waals surface area contributed by atoms with Gasteiger partial charge in [0.05, 0.1) is 16.4 Å². The van der Waals surface area contributed by atoms with E-state index in [9.17, 15) is 4.79 Å². The van der Waals surface area contributed by atoms with Crippen molar-refractivity contribution in [2.75, 3.05) is 0 Å². The minimum absolute atomic E-state index is 0.0389. The van der Waals surface area contributed by atoms with Crippen molar-refractivity contribution in [3.05, 3.63) is 58.6 Å². The molecule has 0 amide bonds. The second-order valence-corrected chi connectivity index (χ2v) is 4.97. The summed E-state index contributed by atoms with van der Waals surface area (Å²) in [6, 6.07) is 13.9. The number of halogens is 2. The van der Waals surface area contributed by atoms with Crippen molar-refractivity contribution in [2.45, 2.75) is 6.92 Å². The second kappa shape index (κ2) is 7.11. The fraction of sp³-hybridized carbons (Fsp3) is 0.0667. The van der Waals surface area contributed by atoms with Gasteiger partial charge in [0.15, 0.2) is 5.78 Å². The maximum Gasteiger partial charge on any atom is 0.218 e. The van der Waals surface area contributed by atoms with Crippen LogP contribution in [-0.4, -0.2) is 11.6 Å². The molecule has 6 heteroatoms. The first-order chi connectivity index (χ1) is 10.1. The fourth-order valence-electron chi connectivity index (χ4n) is 1.46. The summed E-state index contributed by atoms with van der Waals surface area (Å²) >= 11 is 11.9. The summed E-state index contributed by atoms with van der Waals surface area (Å²) in [5.41, 5.74) is 1.00. The van der Waals surface area contributed by atoms with Crippen LogP contribution < -0.4 is 0 Å². The van der Waals surface area contributed by atoms with Gasteiger partial charge in [-0.25, -0.2) is 4.99 Å². The van der Waals surface area contributed by atoms with Crippen molar-refractivity contribution in [1.82, 2.24) is 0 Å². The summed E-state index contributed by atoms with van der Waals surface area (Å²) < 4.78 is 0. The molecule has 0 bridgehead atoms. The molecule has 0 saturated heterocycles. The second-order valence-electron chi connectivity index (χ2n) is 4.12. The first-order valence-electron chi connectivity index (χ1n) is 6.08. The van der Waals surface area contributed by atoms with Gasteiger partial charge in [0.1, 0.15) is 0 Å². The van der Waals surface area contributed by atoms with E-state index in [1.165, 1.54) is 6.92 Å². The van der Waals surface area contributed by atoms with E-state index in [0.717, 1.165) is 0 Å². The zero-order valence-electron chi connectivity index (χ0n) is 11.1. The molecule has 0 aromatic heterocycles. The van der Waals surface area contributed by atoms with E-state index < -0.39 is 0 Å². The van der Waals surface area contributed by atoms with Gasteiger partial charge in [0.25, 0.3) is 0 Å². The molecule has 4 nitrogen and oxygen atoms in total. The molecule has 0 radical (unpaired) electrons. The Bertz CT molecular complexity index is 712. The average molecular weight is 320 g/mol. The lowest BCUT2D eigenvalue weighted by molar-refractivity contribution is -0.111. The van der Waals surface area contributed by atoms with Crippen molar-refractivity contribution < 1.29 is 4.79 Å². The van der Waals surface area contributed by atoms with Crippen molar-refractivity contribution in [2.24, 2.45) is 15.2 Å². The SMILES string of the molecule is CC(=O)C(N=Nc1ccccc1)=Nc1cc(Cl)ccc1Cl. The van der Waals surface area contributed by atoms with E-state index in [0.29, 0.717) is 21.4 Å². The molecule has 0 atom stereocenters. The monoisotopic (exact) mass is 319 g/mol. The van der Waals surface area contributed by atoms with Crippen LogP contribution in [0.4, 0.5) is 11.4 Å². The number of Topliss-reactive ketones (excluding diaryl/α,β-unsaturated/α-hetero) is 1. The number of ketones is 1. The van der Waals surface area contributed by atoms with Gasteiger partial charge in [0, 0.05) is 11.9 Å². The molecule has 0 saturated carbocycles. The number of azo groups is 1. The van der Waals surface area contributed by atoms with E-state index in [1.807, 2.05) is 18.2 Å². The summed E-state index contributed by atoms with van der Waals surface area (Å²) in [7, 11) is 0. The number of nitrogens with zero attached hydrogens (tertiary/aromatic N) is 3. The number of aliphatic imine (C=N–C) groups is 1. The molecule has 0 fully saturated rings. The largest absolute Gasteiger partial charge is 0.291 e. The van der Waals surface area contributed by atoms with Crippen molar-refractivity contribution >= 4 is 46.2 Å². The number of carbonyl (C=O) groups excluding carboxylic acids is 1. The molecule has 0 aliphatic rings. The van der Waals surface area contributed by atoms with E-state index in [2.05, 4.69) is 15.2 Å². The Morgan fingerprint density at radius 2 is 1.76 bits per heavy atom. The Hall–Kier alpha value is -2.04. The maximum absolute atomic E-state index is 11.6. The first-order valence-corrected chi connectivity index (χ1v) is 6.83. The van der Waals surface area contributed by atoms with Crippen LogP contribution in [0.3, 0.4) is 0 Å². The number of carbonyl (C=O) groups is 1. The zero-order chi connectivity index (χ0) is 15.2. The first kappa shape index (κ1) is 15.4. The molecule has 0 aliphatic heterocycles. The third kappa shape index (κ3) is 4.48. The summed E-state index contributed by atoms with van der Waals surface area (Å²) in [6.45, 7) is 1.36. The number of hydrogen-bond donors (Lipinski definition) is 0. The van der Waals surface area contributed by atoms with Gasteiger partial charge in [-0.05, 0) is 30.3 Å². The lowest BCUT2D eigenvalue weighted by Gasteiger charge is -2.00. The smallest absolute Gasteiger partial charge is 0.218 e. The van der Waals surface area contributed by atoms with Crippen LogP contribution in [-0.2, 0) is 4.79 Å². The molecule has 2 rings (SSSR count). The quantitative estimate of drug-likeness (QED) is 0.424.